The molecule has 1 aromatic carbocycles. The van der Waals surface area contributed by atoms with Gasteiger partial charge in [-0.3, -0.25) is 9.69 Å². The first-order valence-electron chi connectivity index (χ1n) is 10.4. The smallest absolute Gasteiger partial charge is 0.241 e. The number of para-hydroxylation sites is 1. The summed E-state index contributed by atoms with van der Waals surface area (Å²) in [6.45, 7) is 2.41. The van der Waals surface area contributed by atoms with Gasteiger partial charge < -0.3 is 9.64 Å². The third-order valence-corrected chi connectivity index (χ3v) is 8.29. The van der Waals surface area contributed by atoms with Crippen LogP contribution in [0, 0.1) is 0 Å². The van der Waals surface area contributed by atoms with Crippen LogP contribution in [0.2, 0.25) is 0 Å². The lowest BCUT2D eigenvalue weighted by Crippen LogP contribution is -2.47. The number of hydrogen-bond donors (Lipinski definition) is 0. The van der Waals surface area contributed by atoms with E-state index in [9.17, 15) is 13.2 Å². The molecule has 3 heterocycles. The monoisotopic (exact) mass is 448 g/mol. The van der Waals surface area contributed by atoms with Gasteiger partial charge in [0, 0.05) is 30.3 Å². The van der Waals surface area contributed by atoms with Gasteiger partial charge >= 0.3 is 0 Å². The molecule has 6 nitrogen and oxygen atoms in total. The van der Waals surface area contributed by atoms with E-state index in [2.05, 4.69) is 11.0 Å². The van der Waals surface area contributed by atoms with Gasteiger partial charge in [-0.2, -0.15) is 0 Å². The number of hydrogen-bond acceptors (Lipinski definition) is 6. The second-order valence-electron chi connectivity index (χ2n) is 8.04. The number of rotatable bonds is 8. The summed E-state index contributed by atoms with van der Waals surface area (Å²) in [5.74, 6) is 0.116. The summed E-state index contributed by atoms with van der Waals surface area (Å²) in [4.78, 5) is 18.6. The minimum atomic E-state index is -3.10. The number of benzene rings is 1. The van der Waals surface area contributed by atoms with Crippen LogP contribution in [0.4, 0.5) is 5.69 Å². The number of nitrogens with zero attached hydrogens (tertiary/aromatic N) is 2. The number of carbonyl (C=O) groups excluding carboxylic acids is 1. The predicted octanol–water partition coefficient (Wildman–Crippen LogP) is 2.95. The average molecular weight is 449 g/mol. The van der Waals surface area contributed by atoms with Gasteiger partial charge in [-0.25, -0.2) is 8.42 Å². The summed E-state index contributed by atoms with van der Waals surface area (Å²) in [5, 5.41) is 2.04. The molecule has 2 aliphatic rings. The minimum absolute atomic E-state index is 0.0320. The van der Waals surface area contributed by atoms with Crippen LogP contribution >= 0.6 is 11.3 Å². The van der Waals surface area contributed by atoms with Crippen molar-refractivity contribution in [3.05, 3.63) is 52.7 Å². The van der Waals surface area contributed by atoms with E-state index in [0.29, 0.717) is 19.5 Å². The number of carbonyl (C=O) groups is 1. The highest BCUT2D eigenvalue weighted by Crippen LogP contribution is 2.25. The number of ether oxygens (including phenoxy) is 1. The molecule has 2 unspecified atom stereocenters. The molecule has 162 valence electrons. The van der Waals surface area contributed by atoms with E-state index in [0.717, 1.165) is 25.1 Å². The second-order valence-corrected chi connectivity index (χ2v) is 11.3. The topological polar surface area (TPSA) is 66.9 Å². The van der Waals surface area contributed by atoms with Crippen molar-refractivity contribution in [1.82, 2.24) is 4.90 Å². The number of thiophene rings is 1. The van der Waals surface area contributed by atoms with Crippen molar-refractivity contribution in [3.8, 4) is 0 Å². The number of anilines is 1. The van der Waals surface area contributed by atoms with Crippen molar-refractivity contribution in [2.45, 2.75) is 38.0 Å². The lowest BCUT2D eigenvalue weighted by molar-refractivity contribution is -0.120. The maximum absolute atomic E-state index is 13.5. The third kappa shape index (κ3) is 5.49. The van der Waals surface area contributed by atoms with Gasteiger partial charge in [0.1, 0.15) is 0 Å². The fourth-order valence-corrected chi connectivity index (χ4v) is 6.72. The molecule has 2 fully saturated rings. The van der Waals surface area contributed by atoms with Crippen molar-refractivity contribution in [2.75, 3.05) is 36.1 Å². The van der Waals surface area contributed by atoms with E-state index in [1.54, 1.807) is 16.2 Å². The van der Waals surface area contributed by atoms with E-state index < -0.39 is 9.84 Å². The standard InChI is InChI=1S/C22H28N2O4S2/c25-22(16-23(14-20-8-4-11-28-20)15-21-9-5-12-29-21)24(18-6-2-1-3-7-18)19-10-13-30(26,27)17-19/h1-3,5-7,9,12,19-20H,4,8,10-11,13-17H2. The first kappa shape index (κ1) is 21.5. The maximum atomic E-state index is 13.5. The van der Waals surface area contributed by atoms with Crippen LogP contribution < -0.4 is 4.90 Å². The van der Waals surface area contributed by atoms with Crippen molar-refractivity contribution >= 4 is 32.8 Å². The van der Waals surface area contributed by atoms with Gasteiger partial charge in [0.25, 0.3) is 0 Å². The summed E-state index contributed by atoms with van der Waals surface area (Å²) >= 11 is 1.68. The summed E-state index contributed by atoms with van der Waals surface area (Å²) in [5.41, 5.74) is 0.762. The molecule has 1 amide bonds. The molecule has 0 spiro atoms. The number of amides is 1. The lowest BCUT2D eigenvalue weighted by Gasteiger charge is -2.32. The van der Waals surface area contributed by atoms with Gasteiger partial charge in [0.2, 0.25) is 5.91 Å². The molecule has 2 atom stereocenters. The largest absolute Gasteiger partial charge is 0.377 e. The van der Waals surface area contributed by atoms with Crippen LogP contribution in [0.3, 0.4) is 0 Å². The van der Waals surface area contributed by atoms with Crippen LogP contribution in [0.5, 0.6) is 0 Å². The Morgan fingerprint density at radius 1 is 1.13 bits per heavy atom. The Morgan fingerprint density at radius 3 is 2.60 bits per heavy atom. The molecular formula is C22H28N2O4S2. The highest BCUT2D eigenvalue weighted by molar-refractivity contribution is 7.91. The Balaban J connectivity index is 1.53. The Morgan fingerprint density at radius 2 is 1.97 bits per heavy atom. The fourth-order valence-electron chi connectivity index (χ4n) is 4.28. The van der Waals surface area contributed by atoms with Crippen molar-refractivity contribution < 1.29 is 17.9 Å². The highest BCUT2D eigenvalue weighted by Gasteiger charge is 2.36. The van der Waals surface area contributed by atoms with Crippen LogP contribution in [0.25, 0.3) is 0 Å². The predicted molar refractivity (Wildman–Crippen MR) is 120 cm³/mol. The van der Waals surface area contributed by atoms with E-state index >= 15 is 0 Å². The van der Waals surface area contributed by atoms with Crippen LogP contribution in [-0.2, 0) is 25.9 Å². The van der Waals surface area contributed by atoms with Gasteiger partial charge in [-0.15, -0.1) is 11.3 Å². The van der Waals surface area contributed by atoms with E-state index in [-0.39, 0.29) is 36.1 Å². The molecule has 0 N–H and O–H groups in total. The fraction of sp³-hybridized carbons (Fsp3) is 0.500. The number of sulfone groups is 1. The first-order valence-corrected chi connectivity index (χ1v) is 13.1. The molecule has 8 heteroatoms. The molecule has 30 heavy (non-hydrogen) atoms. The van der Waals surface area contributed by atoms with E-state index in [1.165, 1.54) is 4.88 Å². The van der Waals surface area contributed by atoms with Crippen molar-refractivity contribution in [3.63, 3.8) is 0 Å². The van der Waals surface area contributed by atoms with Crippen molar-refractivity contribution in [1.29, 1.82) is 0 Å². The van der Waals surface area contributed by atoms with Gasteiger partial charge in [-0.1, -0.05) is 24.3 Å². The molecule has 0 radical (unpaired) electrons. The zero-order valence-corrected chi connectivity index (χ0v) is 18.6. The lowest BCUT2D eigenvalue weighted by atomic mass is 10.1. The summed E-state index contributed by atoms with van der Waals surface area (Å²) in [6, 6.07) is 13.2. The highest BCUT2D eigenvalue weighted by atomic mass is 32.2. The molecule has 2 saturated heterocycles. The van der Waals surface area contributed by atoms with E-state index in [4.69, 9.17) is 4.74 Å². The summed E-state index contributed by atoms with van der Waals surface area (Å²) in [6.07, 6.45) is 2.70. The molecule has 4 rings (SSSR count). The van der Waals surface area contributed by atoms with Crippen molar-refractivity contribution in [2.24, 2.45) is 0 Å². The van der Waals surface area contributed by atoms with Crippen LogP contribution in [0.15, 0.2) is 47.8 Å². The zero-order valence-electron chi connectivity index (χ0n) is 17.0. The molecule has 0 bridgehead atoms. The van der Waals surface area contributed by atoms with Gasteiger partial charge in [0.15, 0.2) is 9.84 Å². The Labute approximate surface area is 182 Å². The quantitative estimate of drug-likeness (QED) is 0.621. The SMILES string of the molecule is O=C(CN(Cc1cccs1)CC1CCCO1)N(c1ccccc1)C1CCS(=O)(=O)C1. The van der Waals surface area contributed by atoms with Crippen LogP contribution in [0.1, 0.15) is 24.1 Å². The normalized spacial score (nSPS) is 23.1. The Hall–Kier alpha value is -1.74. The maximum Gasteiger partial charge on any atom is 0.241 e. The van der Waals surface area contributed by atoms with E-state index in [1.807, 2.05) is 41.8 Å². The summed E-state index contributed by atoms with van der Waals surface area (Å²) < 4.78 is 30.0. The first-order chi connectivity index (χ1) is 14.5. The second kappa shape index (κ2) is 9.60. The molecule has 1 aromatic heterocycles. The summed E-state index contributed by atoms with van der Waals surface area (Å²) in [7, 11) is -3.10. The Kier molecular flexibility index (Phi) is 6.87. The molecule has 2 aromatic rings. The third-order valence-electron chi connectivity index (χ3n) is 5.68. The Bertz CT molecular complexity index is 925. The molecule has 2 aliphatic heterocycles. The van der Waals surface area contributed by atoms with Gasteiger partial charge in [0.05, 0.1) is 30.2 Å². The van der Waals surface area contributed by atoms with Gasteiger partial charge in [-0.05, 0) is 42.8 Å². The molecular weight excluding hydrogens is 420 g/mol. The zero-order chi connectivity index (χ0) is 21.0. The minimum Gasteiger partial charge on any atom is -0.377 e. The molecule has 0 aliphatic carbocycles. The van der Waals surface area contributed by atoms with Crippen LogP contribution in [-0.4, -0.2) is 62.6 Å². The average Bonchev–Trinajstić information content (AvgIpc) is 3.46. The molecule has 0 saturated carbocycles.